The van der Waals surface area contributed by atoms with Crippen LogP contribution in [0.1, 0.15) is 33.6 Å². The molecule has 5 heteroatoms. The molecular formula is C11H22N2O3. The van der Waals surface area contributed by atoms with Crippen molar-refractivity contribution in [3.05, 3.63) is 0 Å². The molecule has 16 heavy (non-hydrogen) atoms. The fourth-order valence-corrected chi connectivity index (χ4v) is 1.32. The molecule has 0 aliphatic carbocycles. The number of hydrogen-bond acceptors (Lipinski definition) is 4. The molecule has 0 heterocycles. The molecule has 0 aromatic rings. The molecule has 94 valence electrons. The lowest BCUT2D eigenvalue weighted by atomic mass is 10.2. The molecule has 5 nitrogen and oxygen atoms in total. The first-order chi connectivity index (χ1) is 7.60. The first kappa shape index (κ1) is 14.9. The van der Waals surface area contributed by atoms with Crippen LogP contribution in [0.25, 0.3) is 0 Å². The maximum absolute atomic E-state index is 11.3. The van der Waals surface area contributed by atoms with Crippen LogP contribution in [-0.4, -0.2) is 37.6 Å². The van der Waals surface area contributed by atoms with E-state index in [9.17, 15) is 9.59 Å². The minimum atomic E-state index is -0.336. The summed E-state index contributed by atoms with van der Waals surface area (Å²) >= 11 is 0. The Bertz CT molecular complexity index is 219. The van der Waals surface area contributed by atoms with Crippen molar-refractivity contribution in [2.45, 2.75) is 39.7 Å². The number of rotatable bonds is 8. The molecule has 1 amide bonds. The highest BCUT2D eigenvalue weighted by Gasteiger charge is 2.07. The summed E-state index contributed by atoms with van der Waals surface area (Å²) in [6.07, 6.45) is 2.00. The predicted octanol–water partition coefficient (Wildman–Crippen LogP) is 0.444. The van der Waals surface area contributed by atoms with E-state index in [-0.39, 0.29) is 31.0 Å². The zero-order valence-electron chi connectivity index (χ0n) is 10.3. The summed E-state index contributed by atoms with van der Waals surface area (Å²) in [6, 6.07) is 0.182. The first-order valence-electron chi connectivity index (χ1n) is 5.75. The molecule has 0 spiro atoms. The van der Waals surface area contributed by atoms with Crippen molar-refractivity contribution < 1.29 is 14.3 Å². The quantitative estimate of drug-likeness (QED) is 0.594. The molecule has 0 aliphatic rings. The van der Waals surface area contributed by atoms with Gasteiger partial charge in [-0.15, -0.1) is 0 Å². The average Bonchev–Trinajstić information content (AvgIpc) is 2.18. The molecule has 0 saturated carbocycles. The third-order valence-corrected chi connectivity index (χ3v) is 1.99. The number of ether oxygens (including phenoxy) is 1. The van der Waals surface area contributed by atoms with E-state index in [2.05, 4.69) is 17.6 Å². The van der Waals surface area contributed by atoms with Crippen molar-refractivity contribution in [3.8, 4) is 0 Å². The van der Waals surface area contributed by atoms with Crippen molar-refractivity contribution >= 4 is 11.9 Å². The van der Waals surface area contributed by atoms with Crippen LogP contribution >= 0.6 is 0 Å². The zero-order chi connectivity index (χ0) is 12.4. The van der Waals surface area contributed by atoms with Gasteiger partial charge in [-0.1, -0.05) is 13.3 Å². The summed E-state index contributed by atoms with van der Waals surface area (Å²) in [5.74, 6) is -0.429. The predicted molar refractivity (Wildman–Crippen MR) is 62.0 cm³/mol. The van der Waals surface area contributed by atoms with E-state index in [0.29, 0.717) is 6.61 Å². The van der Waals surface area contributed by atoms with Gasteiger partial charge in [0.25, 0.3) is 0 Å². The Labute approximate surface area is 96.9 Å². The lowest BCUT2D eigenvalue weighted by Gasteiger charge is -2.12. The highest BCUT2D eigenvalue weighted by atomic mass is 16.5. The topological polar surface area (TPSA) is 67.4 Å². The van der Waals surface area contributed by atoms with E-state index < -0.39 is 0 Å². The number of hydrogen-bond donors (Lipinski definition) is 2. The lowest BCUT2D eigenvalue weighted by Crippen LogP contribution is -2.40. The van der Waals surface area contributed by atoms with Crippen molar-refractivity contribution in [2.75, 3.05) is 19.7 Å². The minimum Gasteiger partial charge on any atom is -0.465 e. The van der Waals surface area contributed by atoms with Gasteiger partial charge >= 0.3 is 5.97 Å². The van der Waals surface area contributed by atoms with Crippen molar-refractivity contribution in [1.29, 1.82) is 0 Å². The van der Waals surface area contributed by atoms with Gasteiger partial charge in [0, 0.05) is 6.04 Å². The molecule has 0 aliphatic heterocycles. The Morgan fingerprint density at radius 2 is 1.94 bits per heavy atom. The standard InChI is InChI=1S/C11H22N2O3/c1-4-6-9(3)13-10(14)7-12-8-11(15)16-5-2/h9,12H,4-8H2,1-3H3,(H,13,14). The van der Waals surface area contributed by atoms with Gasteiger partial charge in [0.1, 0.15) is 0 Å². The smallest absolute Gasteiger partial charge is 0.319 e. The maximum atomic E-state index is 11.3. The number of carbonyl (C=O) groups is 2. The molecule has 0 fully saturated rings. The summed E-state index contributed by atoms with van der Waals surface area (Å²) in [5.41, 5.74) is 0. The summed E-state index contributed by atoms with van der Waals surface area (Å²) in [7, 11) is 0. The van der Waals surface area contributed by atoms with Crippen LogP contribution in [0.5, 0.6) is 0 Å². The molecule has 0 rings (SSSR count). The van der Waals surface area contributed by atoms with Gasteiger partial charge in [-0.05, 0) is 20.3 Å². The average molecular weight is 230 g/mol. The van der Waals surface area contributed by atoms with Gasteiger partial charge in [0.2, 0.25) is 5.91 Å². The molecular weight excluding hydrogens is 208 g/mol. The Morgan fingerprint density at radius 3 is 2.50 bits per heavy atom. The number of esters is 1. The Morgan fingerprint density at radius 1 is 1.25 bits per heavy atom. The first-order valence-corrected chi connectivity index (χ1v) is 5.75. The second-order valence-corrected chi connectivity index (χ2v) is 3.67. The SMILES string of the molecule is CCCC(C)NC(=O)CNCC(=O)OCC. The van der Waals surface area contributed by atoms with Crippen molar-refractivity contribution in [3.63, 3.8) is 0 Å². The fraction of sp³-hybridized carbons (Fsp3) is 0.818. The van der Waals surface area contributed by atoms with E-state index in [1.165, 1.54) is 0 Å². The second kappa shape index (κ2) is 9.15. The van der Waals surface area contributed by atoms with Crippen LogP contribution < -0.4 is 10.6 Å². The monoisotopic (exact) mass is 230 g/mol. The molecule has 1 atom stereocenters. The van der Waals surface area contributed by atoms with Gasteiger partial charge in [-0.3, -0.25) is 14.9 Å². The maximum Gasteiger partial charge on any atom is 0.319 e. The van der Waals surface area contributed by atoms with E-state index in [0.717, 1.165) is 12.8 Å². The van der Waals surface area contributed by atoms with E-state index >= 15 is 0 Å². The molecule has 0 bridgehead atoms. The summed E-state index contributed by atoms with van der Waals surface area (Å²) < 4.78 is 4.71. The number of amides is 1. The number of carbonyl (C=O) groups excluding carboxylic acids is 2. The van der Waals surface area contributed by atoms with Crippen molar-refractivity contribution in [2.24, 2.45) is 0 Å². The van der Waals surface area contributed by atoms with Crippen LogP contribution in [0, 0.1) is 0 Å². The van der Waals surface area contributed by atoms with E-state index in [4.69, 9.17) is 4.74 Å². The van der Waals surface area contributed by atoms with Crippen LogP contribution in [0.3, 0.4) is 0 Å². The molecule has 0 radical (unpaired) electrons. The third kappa shape index (κ3) is 8.23. The molecule has 1 unspecified atom stereocenters. The van der Waals surface area contributed by atoms with Crippen LogP contribution in [-0.2, 0) is 14.3 Å². The Balaban J connectivity index is 3.54. The van der Waals surface area contributed by atoms with Crippen LogP contribution in [0.2, 0.25) is 0 Å². The third-order valence-electron chi connectivity index (χ3n) is 1.99. The van der Waals surface area contributed by atoms with Gasteiger partial charge in [0.15, 0.2) is 0 Å². The molecule has 0 aromatic carbocycles. The van der Waals surface area contributed by atoms with Crippen LogP contribution in [0.15, 0.2) is 0 Å². The van der Waals surface area contributed by atoms with Gasteiger partial charge in [-0.25, -0.2) is 0 Å². The van der Waals surface area contributed by atoms with Crippen LogP contribution in [0.4, 0.5) is 0 Å². The van der Waals surface area contributed by atoms with E-state index in [1.54, 1.807) is 6.92 Å². The zero-order valence-corrected chi connectivity index (χ0v) is 10.3. The Hall–Kier alpha value is -1.10. The molecule has 2 N–H and O–H groups in total. The molecule has 0 saturated heterocycles. The highest BCUT2D eigenvalue weighted by Crippen LogP contribution is 1.93. The van der Waals surface area contributed by atoms with Crippen molar-refractivity contribution in [1.82, 2.24) is 10.6 Å². The highest BCUT2D eigenvalue weighted by molar-refractivity contribution is 5.79. The summed E-state index contributed by atoms with van der Waals surface area (Å²) in [4.78, 5) is 22.3. The van der Waals surface area contributed by atoms with E-state index in [1.807, 2.05) is 6.92 Å². The normalized spacial score (nSPS) is 11.9. The minimum absolute atomic E-state index is 0.0728. The summed E-state index contributed by atoms with van der Waals surface area (Å²) in [6.45, 7) is 6.36. The second-order valence-electron chi connectivity index (χ2n) is 3.67. The van der Waals surface area contributed by atoms with Gasteiger partial charge < -0.3 is 10.1 Å². The Kier molecular flexibility index (Phi) is 8.52. The molecule has 0 aromatic heterocycles. The van der Waals surface area contributed by atoms with Gasteiger partial charge in [-0.2, -0.15) is 0 Å². The largest absolute Gasteiger partial charge is 0.465 e. The summed E-state index contributed by atoms with van der Waals surface area (Å²) in [5, 5.41) is 5.56. The fourth-order valence-electron chi connectivity index (χ4n) is 1.32. The number of nitrogens with one attached hydrogen (secondary N) is 2. The lowest BCUT2D eigenvalue weighted by molar-refractivity contribution is -0.142. The van der Waals surface area contributed by atoms with Gasteiger partial charge in [0.05, 0.1) is 19.7 Å².